The van der Waals surface area contributed by atoms with Crippen LogP contribution in [0.4, 0.5) is 19.1 Å². The molecule has 0 radical (unpaired) electrons. The largest absolute Gasteiger partial charge is 0.493 e. The molecule has 0 amide bonds. The Labute approximate surface area is 163 Å². The van der Waals surface area contributed by atoms with E-state index in [0.29, 0.717) is 28.7 Å². The molecule has 0 saturated carbocycles. The molecule has 7 nitrogen and oxygen atoms in total. The highest BCUT2D eigenvalue weighted by Gasteiger charge is 2.31. The summed E-state index contributed by atoms with van der Waals surface area (Å²) in [7, 11) is 3.08. The van der Waals surface area contributed by atoms with Gasteiger partial charge in [0, 0.05) is 11.3 Å². The SMILES string of the molecule is COc1ccc(C2=CC(c3ccc(C(F)(F)F)cc3)n3nnnc3N2)cc1OC. The van der Waals surface area contributed by atoms with Crippen molar-refractivity contribution in [1.29, 1.82) is 0 Å². The maximum Gasteiger partial charge on any atom is 0.416 e. The molecule has 4 rings (SSSR count). The first kappa shape index (κ1) is 18.8. The summed E-state index contributed by atoms with van der Waals surface area (Å²) in [5.74, 6) is 1.50. The van der Waals surface area contributed by atoms with E-state index in [1.807, 2.05) is 12.1 Å². The lowest BCUT2D eigenvalue weighted by molar-refractivity contribution is -0.137. The van der Waals surface area contributed by atoms with Gasteiger partial charge in [0.25, 0.3) is 0 Å². The molecule has 2 heterocycles. The lowest BCUT2D eigenvalue weighted by Crippen LogP contribution is -2.20. The van der Waals surface area contributed by atoms with Gasteiger partial charge in [-0.05, 0) is 52.4 Å². The van der Waals surface area contributed by atoms with Crippen LogP contribution in [0.2, 0.25) is 0 Å². The van der Waals surface area contributed by atoms with E-state index in [1.54, 1.807) is 19.2 Å². The first-order valence-electron chi connectivity index (χ1n) is 8.57. The third-order valence-electron chi connectivity index (χ3n) is 4.60. The van der Waals surface area contributed by atoms with Crippen molar-refractivity contribution in [2.24, 2.45) is 0 Å². The maximum absolute atomic E-state index is 12.9. The molecule has 0 fully saturated rings. The predicted molar refractivity (Wildman–Crippen MR) is 98.5 cm³/mol. The second-order valence-electron chi connectivity index (χ2n) is 6.29. The molecule has 10 heteroatoms. The number of nitrogens with one attached hydrogen (secondary N) is 1. The fourth-order valence-electron chi connectivity index (χ4n) is 3.13. The molecule has 1 aliphatic rings. The molecule has 3 aromatic rings. The number of nitrogens with zero attached hydrogens (tertiary/aromatic N) is 4. The summed E-state index contributed by atoms with van der Waals surface area (Å²) >= 11 is 0. The Morgan fingerprint density at radius 3 is 2.38 bits per heavy atom. The normalized spacial score (nSPS) is 15.9. The minimum Gasteiger partial charge on any atom is -0.493 e. The van der Waals surface area contributed by atoms with E-state index < -0.39 is 17.8 Å². The number of ether oxygens (including phenoxy) is 2. The molecular formula is C19H16F3N5O2. The molecule has 0 saturated heterocycles. The van der Waals surface area contributed by atoms with Gasteiger partial charge in [-0.2, -0.15) is 17.9 Å². The van der Waals surface area contributed by atoms with Gasteiger partial charge >= 0.3 is 6.18 Å². The summed E-state index contributed by atoms with van der Waals surface area (Å²) in [6, 6.07) is 9.86. The van der Waals surface area contributed by atoms with E-state index in [0.717, 1.165) is 17.7 Å². The fraction of sp³-hybridized carbons (Fsp3) is 0.211. The number of tetrazole rings is 1. The highest BCUT2D eigenvalue weighted by molar-refractivity contribution is 5.78. The smallest absolute Gasteiger partial charge is 0.416 e. The van der Waals surface area contributed by atoms with Gasteiger partial charge in [0.15, 0.2) is 11.5 Å². The summed E-state index contributed by atoms with van der Waals surface area (Å²) < 4.78 is 50.8. The van der Waals surface area contributed by atoms with Crippen LogP contribution in [0.25, 0.3) is 5.70 Å². The monoisotopic (exact) mass is 403 g/mol. The number of halogens is 3. The Morgan fingerprint density at radius 1 is 1.00 bits per heavy atom. The minimum atomic E-state index is -4.40. The van der Waals surface area contributed by atoms with Crippen molar-refractivity contribution in [2.75, 3.05) is 19.5 Å². The molecule has 0 spiro atoms. The molecule has 1 N–H and O–H groups in total. The number of benzene rings is 2. The van der Waals surface area contributed by atoms with Crippen molar-refractivity contribution in [3.05, 3.63) is 65.2 Å². The Morgan fingerprint density at radius 2 is 1.72 bits per heavy atom. The third-order valence-corrected chi connectivity index (χ3v) is 4.60. The second kappa shape index (κ2) is 7.12. The van der Waals surface area contributed by atoms with Crippen LogP contribution in [-0.4, -0.2) is 34.4 Å². The van der Waals surface area contributed by atoms with Gasteiger partial charge in [-0.1, -0.05) is 17.2 Å². The molecule has 1 unspecified atom stereocenters. The Bertz CT molecular complexity index is 1060. The Balaban J connectivity index is 1.75. The van der Waals surface area contributed by atoms with Gasteiger partial charge in [-0.25, -0.2) is 0 Å². The number of aromatic nitrogens is 4. The highest BCUT2D eigenvalue weighted by Crippen LogP contribution is 2.36. The number of hydrogen-bond donors (Lipinski definition) is 1. The van der Waals surface area contributed by atoms with E-state index in [-0.39, 0.29) is 0 Å². The van der Waals surface area contributed by atoms with Crippen molar-refractivity contribution in [1.82, 2.24) is 20.2 Å². The number of rotatable bonds is 4. The lowest BCUT2D eigenvalue weighted by atomic mass is 10.0. The van der Waals surface area contributed by atoms with E-state index in [1.165, 1.54) is 23.9 Å². The molecule has 150 valence electrons. The lowest BCUT2D eigenvalue weighted by Gasteiger charge is -2.24. The summed E-state index contributed by atoms with van der Waals surface area (Å²) in [6.07, 6.45) is -2.56. The topological polar surface area (TPSA) is 74.1 Å². The molecular weight excluding hydrogens is 387 g/mol. The van der Waals surface area contributed by atoms with Crippen LogP contribution >= 0.6 is 0 Å². The summed E-state index contributed by atoms with van der Waals surface area (Å²) in [5, 5.41) is 14.7. The van der Waals surface area contributed by atoms with E-state index in [4.69, 9.17) is 9.47 Å². The number of methoxy groups -OCH3 is 2. The summed E-state index contributed by atoms with van der Waals surface area (Å²) in [4.78, 5) is 0. The predicted octanol–water partition coefficient (Wildman–Crippen LogP) is 3.77. The molecule has 1 aromatic heterocycles. The van der Waals surface area contributed by atoms with E-state index >= 15 is 0 Å². The van der Waals surface area contributed by atoms with Crippen molar-refractivity contribution in [3.63, 3.8) is 0 Å². The second-order valence-corrected chi connectivity index (χ2v) is 6.29. The van der Waals surface area contributed by atoms with Gasteiger partial charge in [0.1, 0.15) is 6.04 Å². The molecule has 1 aliphatic heterocycles. The summed E-state index contributed by atoms with van der Waals surface area (Å²) in [6.45, 7) is 0. The minimum absolute atomic E-state index is 0.377. The summed E-state index contributed by atoms with van der Waals surface area (Å²) in [5.41, 5.74) is 1.38. The van der Waals surface area contributed by atoms with Gasteiger partial charge in [0.2, 0.25) is 5.95 Å². The fourth-order valence-corrected chi connectivity index (χ4v) is 3.13. The van der Waals surface area contributed by atoms with Gasteiger partial charge in [-0.15, -0.1) is 0 Å². The highest BCUT2D eigenvalue weighted by atomic mass is 19.4. The van der Waals surface area contributed by atoms with Gasteiger partial charge in [-0.3, -0.25) is 0 Å². The van der Waals surface area contributed by atoms with E-state index in [9.17, 15) is 13.2 Å². The van der Waals surface area contributed by atoms with Crippen LogP contribution in [0, 0.1) is 0 Å². The van der Waals surface area contributed by atoms with Gasteiger partial charge in [0.05, 0.1) is 19.8 Å². The van der Waals surface area contributed by atoms with Crippen LogP contribution in [-0.2, 0) is 6.18 Å². The Hall–Kier alpha value is -3.56. The van der Waals surface area contributed by atoms with Crippen LogP contribution in [0.3, 0.4) is 0 Å². The molecule has 0 aliphatic carbocycles. The van der Waals surface area contributed by atoms with Crippen LogP contribution in [0.1, 0.15) is 22.7 Å². The van der Waals surface area contributed by atoms with Gasteiger partial charge < -0.3 is 14.8 Å². The zero-order chi connectivity index (χ0) is 20.6. The molecule has 0 bridgehead atoms. The standard InChI is InChI=1S/C19H16F3N5O2/c1-28-16-8-5-12(9-17(16)29-2)14-10-15(27-18(23-14)24-25-26-27)11-3-6-13(7-4-11)19(20,21)22/h3-10,15H,1-2H3,(H,23,24,26). The van der Waals surface area contributed by atoms with Crippen LogP contribution in [0.15, 0.2) is 48.5 Å². The average Bonchev–Trinajstić information content (AvgIpc) is 3.20. The zero-order valence-electron chi connectivity index (χ0n) is 15.4. The molecule has 2 aromatic carbocycles. The van der Waals surface area contributed by atoms with Crippen molar-refractivity contribution in [2.45, 2.75) is 12.2 Å². The van der Waals surface area contributed by atoms with Crippen LogP contribution < -0.4 is 14.8 Å². The number of anilines is 1. The quantitative estimate of drug-likeness (QED) is 0.715. The van der Waals surface area contributed by atoms with Crippen molar-refractivity contribution in [3.8, 4) is 11.5 Å². The first-order chi connectivity index (χ1) is 13.9. The average molecular weight is 403 g/mol. The van der Waals surface area contributed by atoms with E-state index in [2.05, 4.69) is 20.8 Å². The molecule has 1 atom stereocenters. The molecule has 29 heavy (non-hydrogen) atoms. The zero-order valence-corrected chi connectivity index (χ0v) is 15.4. The number of fused-ring (bicyclic) bond motifs is 1. The third kappa shape index (κ3) is 3.48. The number of hydrogen-bond acceptors (Lipinski definition) is 6. The number of allylic oxidation sites excluding steroid dienone is 1. The Kier molecular flexibility index (Phi) is 4.61. The van der Waals surface area contributed by atoms with Crippen molar-refractivity contribution >= 4 is 11.6 Å². The maximum atomic E-state index is 12.9. The van der Waals surface area contributed by atoms with Crippen molar-refractivity contribution < 1.29 is 22.6 Å². The number of alkyl halides is 3. The van der Waals surface area contributed by atoms with Crippen LogP contribution in [0.5, 0.6) is 11.5 Å². The first-order valence-corrected chi connectivity index (χ1v) is 8.57.